The number of anilines is 1. The van der Waals surface area contributed by atoms with E-state index in [4.69, 9.17) is 9.47 Å². The Morgan fingerprint density at radius 2 is 2.00 bits per heavy atom. The zero-order valence-electron chi connectivity index (χ0n) is 20.1. The fourth-order valence-corrected chi connectivity index (χ4v) is 5.80. The predicted octanol–water partition coefficient (Wildman–Crippen LogP) is 4.71. The van der Waals surface area contributed by atoms with Gasteiger partial charge in [0.1, 0.15) is 11.4 Å². The second-order valence-electron chi connectivity index (χ2n) is 10.4. The third kappa shape index (κ3) is 3.95. The Balaban J connectivity index is 1.53. The van der Waals surface area contributed by atoms with Crippen molar-refractivity contribution in [1.82, 2.24) is 4.90 Å². The van der Waals surface area contributed by atoms with Crippen molar-refractivity contribution in [2.24, 2.45) is 0 Å². The van der Waals surface area contributed by atoms with Crippen LogP contribution in [-0.2, 0) is 17.8 Å². The summed E-state index contributed by atoms with van der Waals surface area (Å²) in [5.41, 5.74) is 6.64. The molecular weight excluding hydrogens is 416 g/mol. The number of likely N-dealkylation sites (tertiary alicyclic amines) is 1. The molecule has 33 heavy (non-hydrogen) atoms. The SMILES string of the molecule is COc1ccc(-c2cc3c4c(c2)[C@@H]2CN(C(=O)OC(C)(C)C)CC[C@@H]2N4CCC3)c(CO)c1. The first kappa shape index (κ1) is 22.1. The van der Waals surface area contributed by atoms with Crippen molar-refractivity contribution < 1.29 is 19.4 Å². The number of ether oxygens (including phenoxy) is 2. The number of aryl methyl sites for hydroxylation is 1. The van der Waals surface area contributed by atoms with Gasteiger partial charge in [-0.2, -0.15) is 0 Å². The van der Waals surface area contributed by atoms with Crippen molar-refractivity contribution in [2.75, 3.05) is 31.6 Å². The molecule has 2 aromatic carbocycles. The maximum Gasteiger partial charge on any atom is 0.410 e. The Kier molecular flexibility index (Phi) is 5.52. The number of fused-ring (bicyclic) bond motifs is 3. The topological polar surface area (TPSA) is 62.2 Å². The van der Waals surface area contributed by atoms with Crippen LogP contribution in [0.15, 0.2) is 30.3 Å². The first-order valence-electron chi connectivity index (χ1n) is 12.0. The zero-order valence-corrected chi connectivity index (χ0v) is 20.1. The highest BCUT2D eigenvalue weighted by Gasteiger charge is 2.45. The summed E-state index contributed by atoms with van der Waals surface area (Å²) >= 11 is 0. The zero-order chi connectivity index (χ0) is 23.3. The van der Waals surface area contributed by atoms with E-state index in [0.29, 0.717) is 12.6 Å². The van der Waals surface area contributed by atoms with Gasteiger partial charge in [-0.3, -0.25) is 0 Å². The number of carbonyl (C=O) groups is 1. The summed E-state index contributed by atoms with van der Waals surface area (Å²) in [5.74, 6) is 1.02. The fourth-order valence-electron chi connectivity index (χ4n) is 5.80. The van der Waals surface area contributed by atoms with Gasteiger partial charge in [-0.25, -0.2) is 4.79 Å². The van der Waals surface area contributed by atoms with E-state index in [1.54, 1.807) is 7.11 Å². The molecule has 2 aromatic rings. The van der Waals surface area contributed by atoms with E-state index in [1.165, 1.54) is 16.8 Å². The van der Waals surface area contributed by atoms with Crippen molar-refractivity contribution in [2.45, 2.75) is 64.2 Å². The highest BCUT2D eigenvalue weighted by Crippen LogP contribution is 2.50. The summed E-state index contributed by atoms with van der Waals surface area (Å²) in [5, 5.41) is 10.0. The third-order valence-electron chi connectivity index (χ3n) is 7.17. The summed E-state index contributed by atoms with van der Waals surface area (Å²) < 4.78 is 11.0. The average molecular weight is 451 g/mol. The maximum atomic E-state index is 12.8. The standard InChI is InChI=1S/C27H34N2O4/c1-27(2,3)33-26(31)28-11-9-24-23(15-28)22-14-18(12-17-6-5-10-29(24)25(17)22)21-8-7-20(32-4)13-19(21)16-30/h7-8,12-14,23-24,30H,5-6,9-11,15-16H2,1-4H3/t23-,24-/m0/s1. The quantitative estimate of drug-likeness (QED) is 0.734. The number of benzene rings is 2. The molecule has 1 amide bonds. The molecule has 6 nitrogen and oxygen atoms in total. The van der Waals surface area contributed by atoms with Crippen LogP contribution in [0.25, 0.3) is 11.1 Å². The van der Waals surface area contributed by atoms with Crippen molar-refractivity contribution in [3.05, 3.63) is 47.0 Å². The number of aliphatic hydroxyl groups is 1. The van der Waals surface area contributed by atoms with Crippen molar-refractivity contribution >= 4 is 11.8 Å². The van der Waals surface area contributed by atoms with E-state index < -0.39 is 5.60 Å². The van der Waals surface area contributed by atoms with Crippen LogP contribution in [0, 0.1) is 0 Å². The number of methoxy groups -OCH3 is 1. The number of aliphatic hydroxyl groups excluding tert-OH is 1. The second-order valence-corrected chi connectivity index (χ2v) is 10.4. The number of rotatable bonds is 3. The minimum absolute atomic E-state index is 0.0381. The molecule has 1 fully saturated rings. The molecule has 3 heterocycles. The molecule has 0 spiro atoms. The van der Waals surface area contributed by atoms with E-state index in [-0.39, 0.29) is 18.6 Å². The Labute approximate surface area is 196 Å². The number of hydrogen-bond acceptors (Lipinski definition) is 5. The Morgan fingerprint density at radius 1 is 1.18 bits per heavy atom. The van der Waals surface area contributed by atoms with Crippen LogP contribution in [0.4, 0.5) is 10.5 Å². The molecular formula is C27H34N2O4. The second kappa shape index (κ2) is 8.24. The van der Waals surface area contributed by atoms with E-state index in [9.17, 15) is 9.90 Å². The van der Waals surface area contributed by atoms with Gasteiger partial charge >= 0.3 is 6.09 Å². The van der Waals surface area contributed by atoms with Crippen LogP contribution in [-0.4, -0.2) is 54.5 Å². The molecule has 3 aliphatic rings. The molecule has 0 unspecified atom stereocenters. The molecule has 0 radical (unpaired) electrons. The lowest BCUT2D eigenvalue weighted by atomic mass is 9.86. The van der Waals surface area contributed by atoms with E-state index in [0.717, 1.165) is 54.8 Å². The number of nitrogens with zero attached hydrogens (tertiary/aromatic N) is 2. The molecule has 2 atom stereocenters. The van der Waals surface area contributed by atoms with Gasteiger partial charge in [-0.05, 0) is 92.1 Å². The lowest BCUT2D eigenvalue weighted by molar-refractivity contribution is 0.0189. The molecule has 6 heteroatoms. The minimum atomic E-state index is -0.494. The normalized spacial score (nSPS) is 21.5. The van der Waals surface area contributed by atoms with Crippen LogP contribution in [0.3, 0.4) is 0 Å². The first-order chi connectivity index (χ1) is 15.8. The Morgan fingerprint density at radius 3 is 2.73 bits per heavy atom. The highest BCUT2D eigenvalue weighted by molar-refractivity contribution is 5.78. The molecule has 0 bridgehead atoms. The summed E-state index contributed by atoms with van der Waals surface area (Å²) in [4.78, 5) is 17.3. The van der Waals surface area contributed by atoms with E-state index in [2.05, 4.69) is 17.0 Å². The molecule has 5 rings (SSSR count). The summed E-state index contributed by atoms with van der Waals surface area (Å²) in [6, 6.07) is 10.9. The largest absolute Gasteiger partial charge is 0.497 e. The van der Waals surface area contributed by atoms with Gasteiger partial charge in [0.05, 0.1) is 13.7 Å². The van der Waals surface area contributed by atoms with E-state index in [1.807, 2.05) is 43.9 Å². The average Bonchev–Trinajstić information content (AvgIpc) is 3.12. The first-order valence-corrected chi connectivity index (χ1v) is 12.0. The molecule has 3 aliphatic heterocycles. The number of hydrogen-bond donors (Lipinski definition) is 1. The monoisotopic (exact) mass is 450 g/mol. The van der Waals surface area contributed by atoms with Crippen LogP contribution in [0.5, 0.6) is 5.75 Å². The van der Waals surface area contributed by atoms with Gasteiger partial charge < -0.3 is 24.4 Å². The minimum Gasteiger partial charge on any atom is -0.497 e. The molecule has 0 aliphatic carbocycles. The van der Waals surface area contributed by atoms with Gasteiger partial charge in [0.25, 0.3) is 0 Å². The van der Waals surface area contributed by atoms with Crippen LogP contribution in [0.1, 0.15) is 56.2 Å². The molecule has 176 valence electrons. The van der Waals surface area contributed by atoms with Crippen LogP contribution < -0.4 is 9.64 Å². The Bertz CT molecular complexity index is 1070. The van der Waals surface area contributed by atoms with Gasteiger partial charge in [-0.1, -0.05) is 6.07 Å². The molecule has 1 N–H and O–H groups in total. The summed E-state index contributed by atoms with van der Waals surface area (Å²) in [6.07, 6.45) is 2.94. The van der Waals surface area contributed by atoms with E-state index >= 15 is 0 Å². The van der Waals surface area contributed by atoms with Crippen molar-refractivity contribution in [3.63, 3.8) is 0 Å². The molecule has 0 saturated carbocycles. The van der Waals surface area contributed by atoms with Gasteiger partial charge in [0.2, 0.25) is 0 Å². The lowest BCUT2D eigenvalue weighted by Gasteiger charge is -2.40. The molecule has 1 saturated heterocycles. The van der Waals surface area contributed by atoms with Crippen molar-refractivity contribution in [1.29, 1.82) is 0 Å². The van der Waals surface area contributed by atoms with Gasteiger partial charge in [-0.15, -0.1) is 0 Å². The van der Waals surface area contributed by atoms with Gasteiger partial charge in [0.15, 0.2) is 0 Å². The molecule has 0 aromatic heterocycles. The lowest BCUT2D eigenvalue weighted by Crippen LogP contribution is -2.49. The highest BCUT2D eigenvalue weighted by atomic mass is 16.6. The number of piperidine rings is 1. The smallest absolute Gasteiger partial charge is 0.410 e. The van der Waals surface area contributed by atoms with Crippen LogP contribution >= 0.6 is 0 Å². The third-order valence-corrected chi connectivity index (χ3v) is 7.17. The van der Waals surface area contributed by atoms with Crippen molar-refractivity contribution in [3.8, 4) is 16.9 Å². The number of amides is 1. The van der Waals surface area contributed by atoms with Crippen LogP contribution in [0.2, 0.25) is 0 Å². The predicted molar refractivity (Wildman–Crippen MR) is 129 cm³/mol. The number of carbonyl (C=O) groups excluding carboxylic acids is 1. The maximum absolute atomic E-state index is 12.8. The summed E-state index contributed by atoms with van der Waals surface area (Å²) in [7, 11) is 1.64. The Hall–Kier alpha value is -2.73. The van der Waals surface area contributed by atoms with Gasteiger partial charge in [0, 0.05) is 37.3 Å². The summed E-state index contributed by atoms with van der Waals surface area (Å²) in [6.45, 7) is 8.20. The fraction of sp³-hybridized carbons (Fsp3) is 0.519.